The van der Waals surface area contributed by atoms with Crippen LogP contribution < -0.4 is 20.1 Å². The van der Waals surface area contributed by atoms with E-state index < -0.39 is 11.5 Å². The van der Waals surface area contributed by atoms with Gasteiger partial charge in [-0.05, 0) is 72.8 Å². The fourth-order valence-electron chi connectivity index (χ4n) is 3.71. The number of nitrogens with one attached hydrogen (secondary N) is 1. The number of benzene rings is 3. The van der Waals surface area contributed by atoms with E-state index in [1.54, 1.807) is 84.9 Å². The van der Waals surface area contributed by atoms with E-state index >= 15 is 0 Å². The van der Waals surface area contributed by atoms with Crippen LogP contribution in [0.5, 0.6) is 0 Å². The van der Waals surface area contributed by atoms with E-state index in [9.17, 15) is 19.2 Å². The van der Waals surface area contributed by atoms with E-state index in [1.807, 2.05) is 6.07 Å². The lowest BCUT2D eigenvalue weighted by atomic mass is 10.2. The van der Waals surface area contributed by atoms with Crippen molar-refractivity contribution in [3.63, 3.8) is 0 Å². The number of amides is 1. The third kappa shape index (κ3) is 5.20. The van der Waals surface area contributed by atoms with Crippen LogP contribution >= 0.6 is 22.9 Å². The third-order valence-electron chi connectivity index (χ3n) is 5.52. The normalized spacial score (nSPS) is 12.2. The molecule has 2 heterocycles. The summed E-state index contributed by atoms with van der Waals surface area (Å²) in [6.07, 6.45) is 1.55. The summed E-state index contributed by atoms with van der Waals surface area (Å²) in [7, 11) is 0. The van der Waals surface area contributed by atoms with Crippen LogP contribution in [-0.4, -0.2) is 10.5 Å². The van der Waals surface area contributed by atoms with Crippen molar-refractivity contribution in [2.75, 3.05) is 5.32 Å². The molecule has 0 unspecified atom stereocenters. The van der Waals surface area contributed by atoms with Crippen molar-refractivity contribution in [2.45, 2.75) is 0 Å². The summed E-state index contributed by atoms with van der Waals surface area (Å²) >= 11 is 6.92. The number of carbonyl (C=O) groups is 1. The van der Waals surface area contributed by atoms with Crippen molar-refractivity contribution in [1.29, 1.82) is 5.26 Å². The monoisotopic (exact) mass is 541 g/mol. The number of hydrogen-bond acceptors (Lipinski definition) is 5. The van der Waals surface area contributed by atoms with Gasteiger partial charge in [-0.25, -0.2) is 4.39 Å². The molecular weight excluding hydrogens is 525 g/mol. The third-order valence-corrected chi connectivity index (χ3v) is 6.87. The first-order chi connectivity index (χ1) is 18.4. The van der Waals surface area contributed by atoms with E-state index in [0.717, 1.165) is 11.3 Å². The molecule has 0 aliphatic rings. The Kier molecular flexibility index (Phi) is 7.05. The van der Waals surface area contributed by atoms with Crippen LogP contribution in [-0.2, 0) is 4.79 Å². The van der Waals surface area contributed by atoms with Gasteiger partial charge in [0.2, 0.25) is 0 Å². The summed E-state index contributed by atoms with van der Waals surface area (Å²) in [5.41, 5.74) is 0.994. The SMILES string of the molecule is N#C/C(C(=O)Nc1ccc(Cl)cc1)=c1/s/c(=C/c2ccc(-c3ccc(F)cc3)o2)c(=O)n1-c1ccccc1. The zero-order chi connectivity index (χ0) is 26.6. The van der Waals surface area contributed by atoms with Crippen LogP contribution in [0.25, 0.3) is 28.7 Å². The van der Waals surface area contributed by atoms with Gasteiger partial charge in [-0.2, -0.15) is 5.26 Å². The van der Waals surface area contributed by atoms with Gasteiger partial charge in [0.1, 0.15) is 28.1 Å². The van der Waals surface area contributed by atoms with E-state index in [2.05, 4.69) is 5.32 Å². The molecule has 0 spiro atoms. The number of thiazole rings is 1. The van der Waals surface area contributed by atoms with Crippen LogP contribution in [0.4, 0.5) is 10.1 Å². The maximum Gasteiger partial charge on any atom is 0.273 e. The molecule has 9 heteroatoms. The molecule has 0 radical (unpaired) electrons. The molecule has 0 fully saturated rings. The van der Waals surface area contributed by atoms with Gasteiger partial charge >= 0.3 is 0 Å². The Morgan fingerprint density at radius 1 is 1.00 bits per heavy atom. The Morgan fingerprint density at radius 3 is 2.39 bits per heavy atom. The van der Waals surface area contributed by atoms with Gasteiger partial charge in [0, 0.05) is 22.3 Å². The van der Waals surface area contributed by atoms with Gasteiger partial charge in [-0.1, -0.05) is 29.8 Å². The van der Waals surface area contributed by atoms with Gasteiger partial charge in [-0.3, -0.25) is 14.2 Å². The van der Waals surface area contributed by atoms with Gasteiger partial charge < -0.3 is 9.73 Å². The van der Waals surface area contributed by atoms with Crippen molar-refractivity contribution >= 4 is 46.2 Å². The Hall–Kier alpha value is -4.71. The molecule has 3 aromatic carbocycles. The second-order valence-electron chi connectivity index (χ2n) is 8.05. The van der Waals surface area contributed by atoms with Gasteiger partial charge in [0.25, 0.3) is 11.5 Å². The zero-order valence-corrected chi connectivity index (χ0v) is 21.1. The Morgan fingerprint density at radius 2 is 1.71 bits per heavy atom. The fourth-order valence-corrected chi connectivity index (χ4v) is 4.92. The van der Waals surface area contributed by atoms with Crippen LogP contribution in [0.2, 0.25) is 5.02 Å². The molecule has 0 atom stereocenters. The Bertz CT molecular complexity index is 1850. The van der Waals surface area contributed by atoms with Crippen LogP contribution in [0.3, 0.4) is 0 Å². The molecule has 38 heavy (non-hydrogen) atoms. The number of hydrogen-bond donors (Lipinski definition) is 1. The van der Waals surface area contributed by atoms with Gasteiger partial charge in [-0.15, -0.1) is 11.3 Å². The number of para-hydroxylation sites is 1. The zero-order valence-electron chi connectivity index (χ0n) is 19.5. The van der Waals surface area contributed by atoms with E-state index in [0.29, 0.717) is 33.5 Å². The number of aromatic nitrogens is 1. The summed E-state index contributed by atoms with van der Waals surface area (Å²) in [5, 5.41) is 13.1. The topological polar surface area (TPSA) is 88.0 Å². The molecule has 0 saturated carbocycles. The number of furan rings is 1. The average molecular weight is 542 g/mol. The van der Waals surface area contributed by atoms with Crippen LogP contribution in [0.15, 0.2) is 100 Å². The minimum absolute atomic E-state index is 0.173. The van der Waals surface area contributed by atoms with Crippen LogP contribution in [0, 0.1) is 17.1 Å². The Balaban J connectivity index is 1.64. The first-order valence-corrected chi connectivity index (χ1v) is 12.5. The first-order valence-electron chi connectivity index (χ1n) is 11.3. The minimum Gasteiger partial charge on any atom is -0.457 e. The maximum atomic E-state index is 13.5. The molecule has 2 aromatic heterocycles. The summed E-state index contributed by atoms with van der Waals surface area (Å²) < 4.78 is 20.9. The average Bonchev–Trinajstić information content (AvgIpc) is 3.51. The molecule has 1 amide bonds. The number of nitriles is 1. The van der Waals surface area contributed by atoms with Crippen molar-refractivity contribution in [1.82, 2.24) is 4.57 Å². The standard InChI is InChI=1S/C29H17ClFN3O3S/c30-19-8-12-21(13-9-19)33-27(35)24(17-32)29-34(22-4-2-1-3-5-22)28(36)26(38-29)16-23-14-15-25(37-23)18-6-10-20(31)11-7-18/h1-16H,(H,33,35)/b26-16+,29-24-. The number of nitrogens with zero attached hydrogens (tertiary/aromatic N) is 2. The smallest absolute Gasteiger partial charge is 0.273 e. The van der Waals surface area contributed by atoms with E-state index in [4.69, 9.17) is 16.0 Å². The highest BCUT2D eigenvalue weighted by Gasteiger charge is 2.17. The Labute approximate surface area is 224 Å². The molecule has 5 rings (SSSR count). The summed E-state index contributed by atoms with van der Waals surface area (Å²) in [4.78, 5) is 26.6. The molecular formula is C29H17ClFN3O3S. The molecule has 1 N–H and O–H groups in total. The second kappa shape index (κ2) is 10.7. The number of rotatable bonds is 5. The van der Waals surface area contributed by atoms with E-state index in [1.165, 1.54) is 16.7 Å². The first kappa shape index (κ1) is 25.0. The second-order valence-corrected chi connectivity index (χ2v) is 9.52. The lowest BCUT2D eigenvalue weighted by molar-refractivity contribution is -0.111. The molecule has 0 aliphatic carbocycles. The maximum absolute atomic E-state index is 13.5. The molecule has 186 valence electrons. The minimum atomic E-state index is -0.663. The number of carbonyl (C=O) groups excluding carboxylic acids is 1. The fraction of sp³-hybridized carbons (Fsp3) is 0. The molecule has 6 nitrogen and oxygen atoms in total. The predicted molar refractivity (Wildman–Crippen MR) is 146 cm³/mol. The van der Waals surface area contributed by atoms with Crippen LogP contribution in [0.1, 0.15) is 5.76 Å². The molecule has 0 bridgehead atoms. The molecule has 0 saturated heterocycles. The largest absolute Gasteiger partial charge is 0.457 e. The van der Waals surface area contributed by atoms with Crippen molar-refractivity contribution in [3.05, 3.63) is 127 Å². The lowest BCUT2D eigenvalue weighted by Gasteiger charge is -2.06. The highest BCUT2D eigenvalue weighted by Crippen LogP contribution is 2.22. The van der Waals surface area contributed by atoms with Crippen molar-refractivity contribution in [2.24, 2.45) is 0 Å². The quantitative estimate of drug-likeness (QED) is 0.335. The van der Waals surface area contributed by atoms with Gasteiger partial charge in [0.15, 0.2) is 5.57 Å². The highest BCUT2D eigenvalue weighted by atomic mass is 35.5. The van der Waals surface area contributed by atoms with Crippen molar-refractivity contribution < 1.29 is 13.6 Å². The number of anilines is 1. The van der Waals surface area contributed by atoms with E-state index in [-0.39, 0.29) is 20.6 Å². The number of halogens is 2. The summed E-state index contributed by atoms with van der Waals surface area (Å²) in [6, 6.07) is 26.4. The molecule has 5 aromatic rings. The lowest BCUT2D eigenvalue weighted by Crippen LogP contribution is -2.32. The van der Waals surface area contributed by atoms with Gasteiger partial charge in [0.05, 0.1) is 10.2 Å². The molecule has 0 aliphatic heterocycles. The predicted octanol–water partition coefficient (Wildman–Crippen LogP) is 5.09. The highest BCUT2D eigenvalue weighted by molar-refractivity contribution is 7.07. The van der Waals surface area contributed by atoms with Crippen molar-refractivity contribution in [3.8, 4) is 23.1 Å². The summed E-state index contributed by atoms with van der Waals surface area (Å²) in [6.45, 7) is 0. The summed E-state index contributed by atoms with van der Waals surface area (Å²) in [5.74, 6) is -0.130.